The number of carbonyl (C=O) groups is 1. The van der Waals surface area contributed by atoms with Gasteiger partial charge in [-0.1, -0.05) is 30.3 Å². The van der Waals surface area contributed by atoms with E-state index in [1.54, 1.807) is 0 Å². The number of urea groups is 1. The standard InChI is InChI=1S/C15H23N3O/c1-2-16-15(19)18-10-6-9-14(12-18)17-11-13-7-4-3-5-8-13/h3-5,7-8,14,17H,2,6,9-12H2,1H3,(H,16,19)/t14-/m0/s1. The van der Waals surface area contributed by atoms with Gasteiger partial charge in [0.2, 0.25) is 0 Å². The maximum Gasteiger partial charge on any atom is 0.317 e. The summed E-state index contributed by atoms with van der Waals surface area (Å²) in [7, 11) is 0. The van der Waals surface area contributed by atoms with E-state index in [-0.39, 0.29) is 6.03 Å². The molecule has 1 aliphatic rings. The predicted molar refractivity (Wildman–Crippen MR) is 76.9 cm³/mol. The van der Waals surface area contributed by atoms with Crippen LogP contribution < -0.4 is 10.6 Å². The smallest absolute Gasteiger partial charge is 0.317 e. The van der Waals surface area contributed by atoms with Gasteiger partial charge in [-0.2, -0.15) is 0 Å². The van der Waals surface area contributed by atoms with Gasteiger partial charge in [-0.25, -0.2) is 4.79 Å². The molecule has 2 N–H and O–H groups in total. The zero-order chi connectivity index (χ0) is 13.5. The lowest BCUT2D eigenvalue weighted by atomic mass is 10.1. The molecule has 19 heavy (non-hydrogen) atoms. The lowest BCUT2D eigenvalue weighted by Gasteiger charge is -2.33. The van der Waals surface area contributed by atoms with Crippen LogP contribution in [0.4, 0.5) is 4.79 Å². The van der Waals surface area contributed by atoms with Crippen molar-refractivity contribution >= 4 is 6.03 Å². The highest BCUT2D eigenvalue weighted by Crippen LogP contribution is 2.11. The molecule has 1 atom stereocenters. The molecule has 0 aliphatic carbocycles. The number of hydrogen-bond acceptors (Lipinski definition) is 2. The van der Waals surface area contributed by atoms with Gasteiger partial charge in [0.1, 0.15) is 0 Å². The summed E-state index contributed by atoms with van der Waals surface area (Å²) < 4.78 is 0. The number of likely N-dealkylation sites (tertiary alicyclic amines) is 1. The average Bonchev–Trinajstić information content (AvgIpc) is 2.47. The summed E-state index contributed by atoms with van der Waals surface area (Å²) in [5.74, 6) is 0. The SMILES string of the molecule is CCNC(=O)N1CCC[C@H](NCc2ccccc2)C1. The molecule has 1 heterocycles. The summed E-state index contributed by atoms with van der Waals surface area (Å²) in [6.45, 7) is 5.19. The number of nitrogens with zero attached hydrogens (tertiary/aromatic N) is 1. The first-order chi connectivity index (χ1) is 9.29. The van der Waals surface area contributed by atoms with Gasteiger partial charge in [0.05, 0.1) is 0 Å². The van der Waals surface area contributed by atoms with Gasteiger partial charge in [-0.05, 0) is 25.3 Å². The third kappa shape index (κ3) is 4.24. The second-order valence-corrected chi connectivity index (χ2v) is 4.99. The molecule has 1 aliphatic heterocycles. The molecule has 2 rings (SSSR count). The predicted octanol–water partition coefficient (Wildman–Crippen LogP) is 1.97. The molecule has 0 bridgehead atoms. The van der Waals surface area contributed by atoms with Crippen LogP contribution in [0, 0.1) is 0 Å². The summed E-state index contributed by atoms with van der Waals surface area (Å²) in [5.41, 5.74) is 1.29. The van der Waals surface area contributed by atoms with Crippen molar-refractivity contribution in [3.05, 3.63) is 35.9 Å². The molecule has 0 unspecified atom stereocenters. The van der Waals surface area contributed by atoms with Gasteiger partial charge >= 0.3 is 6.03 Å². The van der Waals surface area contributed by atoms with Gasteiger partial charge in [0.15, 0.2) is 0 Å². The molecular formula is C15H23N3O. The Morgan fingerprint density at radius 1 is 1.37 bits per heavy atom. The molecule has 0 saturated carbocycles. The number of carbonyl (C=O) groups excluding carboxylic acids is 1. The summed E-state index contributed by atoms with van der Waals surface area (Å²) >= 11 is 0. The van der Waals surface area contributed by atoms with Crippen LogP contribution in [0.5, 0.6) is 0 Å². The molecule has 1 saturated heterocycles. The third-order valence-corrected chi connectivity index (χ3v) is 3.47. The first-order valence-electron chi connectivity index (χ1n) is 7.09. The van der Waals surface area contributed by atoms with E-state index in [1.165, 1.54) is 5.56 Å². The van der Waals surface area contributed by atoms with E-state index in [0.29, 0.717) is 12.6 Å². The van der Waals surface area contributed by atoms with Crippen molar-refractivity contribution in [1.82, 2.24) is 15.5 Å². The fraction of sp³-hybridized carbons (Fsp3) is 0.533. The highest BCUT2D eigenvalue weighted by atomic mass is 16.2. The fourth-order valence-corrected chi connectivity index (χ4v) is 2.45. The Morgan fingerprint density at radius 3 is 2.89 bits per heavy atom. The van der Waals surface area contributed by atoms with E-state index in [9.17, 15) is 4.79 Å². The molecule has 1 fully saturated rings. The van der Waals surface area contributed by atoms with Crippen molar-refractivity contribution in [2.24, 2.45) is 0 Å². The van der Waals surface area contributed by atoms with E-state index in [2.05, 4.69) is 34.9 Å². The molecular weight excluding hydrogens is 238 g/mol. The summed E-state index contributed by atoms with van der Waals surface area (Å²) in [5, 5.41) is 6.41. The van der Waals surface area contributed by atoms with Gasteiger partial charge in [0.25, 0.3) is 0 Å². The van der Waals surface area contributed by atoms with Gasteiger partial charge in [0, 0.05) is 32.2 Å². The van der Waals surface area contributed by atoms with Crippen LogP contribution in [-0.4, -0.2) is 36.6 Å². The van der Waals surface area contributed by atoms with Crippen LogP contribution in [0.1, 0.15) is 25.3 Å². The number of hydrogen-bond donors (Lipinski definition) is 2. The van der Waals surface area contributed by atoms with Crippen LogP contribution in [0.2, 0.25) is 0 Å². The number of benzene rings is 1. The molecule has 1 aromatic carbocycles. The molecule has 2 amide bonds. The molecule has 1 aromatic rings. The minimum Gasteiger partial charge on any atom is -0.338 e. The van der Waals surface area contributed by atoms with Crippen LogP contribution >= 0.6 is 0 Å². The van der Waals surface area contributed by atoms with Gasteiger partial charge < -0.3 is 15.5 Å². The molecule has 4 nitrogen and oxygen atoms in total. The monoisotopic (exact) mass is 261 g/mol. The Balaban J connectivity index is 1.79. The minimum atomic E-state index is 0.0636. The first kappa shape index (κ1) is 13.9. The number of rotatable bonds is 4. The van der Waals surface area contributed by atoms with Crippen molar-refractivity contribution in [3.63, 3.8) is 0 Å². The fourth-order valence-electron chi connectivity index (χ4n) is 2.45. The molecule has 0 aromatic heterocycles. The first-order valence-corrected chi connectivity index (χ1v) is 7.09. The molecule has 0 radical (unpaired) electrons. The summed E-state index contributed by atoms with van der Waals surface area (Å²) in [6.07, 6.45) is 2.21. The normalized spacial score (nSPS) is 19.2. The minimum absolute atomic E-state index is 0.0636. The van der Waals surface area contributed by atoms with Crippen molar-refractivity contribution < 1.29 is 4.79 Å². The highest BCUT2D eigenvalue weighted by molar-refractivity contribution is 5.74. The van der Waals surface area contributed by atoms with Crippen molar-refractivity contribution in [1.29, 1.82) is 0 Å². The zero-order valence-electron chi connectivity index (χ0n) is 11.6. The molecule has 104 valence electrons. The van der Waals surface area contributed by atoms with Crippen molar-refractivity contribution in [3.8, 4) is 0 Å². The van der Waals surface area contributed by atoms with E-state index >= 15 is 0 Å². The van der Waals surface area contributed by atoms with Gasteiger partial charge in [-0.3, -0.25) is 0 Å². The summed E-state index contributed by atoms with van der Waals surface area (Å²) in [6, 6.07) is 10.8. The van der Waals surface area contributed by atoms with Crippen LogP contribution in [0.3, 0.4) is 0 Å². The molecule has 4 heteroatoms. The second-order valence-electron chi connectivity index (χ2n) is 4.99. The van der Waals surface area contributed by atoms with Crippen LogP contribution in [0.15, 0.2) is 30.3 Å². The Hall–Kier alpha value is -1.55. The maximum atomic E-state index is 11.8. The van der Waals surface area contributed by atoms with Crippen molar-refractivity contribution in [2.45, 2.75) is 32.4 Å². The van der Waals surface area contributed by atoms with E-state index in [1.807, 2.05) is 17.9 Å². The Labute approximate surface area is 115 Å². The Morgan fingerprint density at radius 2 is 2.16 bits per heavy atom. The van der Waals surface area contributed by atoms with Gasteiger partial charge in [-0.15, -0.1) is 0 Å². The van der Waals surface area contributed by atoms with Crippen LogP contribution in [0.25, 0.3) is 0 Å². The summed E-state index contributed by atoms with van der Waals surface area (Å²) in [4.78, 5) is 13.7. The quantitative estimate of drug-likeness (QED) is 0.870. The van der Waals surface area contributed by atoms with Crippen LogP contribution in [-0.2, 0) is 6.54 Å². The lowest BCUT2D eigenvalue weighted by Crippen LogP contribution is -2.50. The van der Waals surface area contributed by atoms with E-state index < -0.39 is 0 Å². The Bertz CT molecular complexity index is 394. The maximum absolute atomic E-state index is 11.8. The van der Waals surface area contributed by atoms with Crippen molar-refractivity contribution in [2.75, 3.05) is 19.6 Å². The highest BCUT2D eigenvalue weighted by Gasteiger charge is 2.22. The topological polar surface area (TPSA) is 44.4 Å². The number of piperidine rings is 1. The number of nitrogens with one attached hydrogen (secondary N) is 2. The number of amides is 2. The second kappa shape index (κ2) is 7.14. The average molecular weight is 261 g/mol. The molecule has 0 spiro atoms. The van der Waals surface area contributed by atoms with E-state index in [0.717, 1.165) is 32.5 Å². The Kier molecular flexibility index (Phi) is 5.21. The lowest BCUT2D eigenvalue weighted by molar-refractivity contribution is 0.173. The van der Waals surface area contributed by atoms with E-state index in [4.69, 9.17) is 0 Å². The largest absolute Gasteiger partial charge is 0.338 e. The third-order valence-electron chi connectivity index (χ3n) is 3.47. The zero-order valence-corrected chi connectivity index (χ0v) is 11.6.